The van der Waals surface area contributed by atoms with Crippen molar-refractivity contribution < 1.29 is 9.00 Å². The molecule has 0 bridgehead atoms. The number of hydrogen-bond donors (Lipinski definition) is 0. The van der Waals surface area contributed by atoms with Crippen molar-refractivity contribution in [3.63, 3.8) is 0 Å². The van der Waals surface area contributed by atoms with Gasteiger partial charge in [0.1, 0.15) is 0 Å². The molecule has 0 unspecified atom stereocenters. The molecule has 31 heavy (non-hydrogen) atoms. The topological polar surface area (TPSA) is 51.2 Å². The van der Waals surface area contributed by atoms with Crippen LogP contribution in [0.5, 0.6) is 0 Å². The van der Waals surface area contributed by atoms with Crippen molar-refractivity contribution in [2.75, 3.05) is 0 Å². The Bertz CT molecular complexity index is 1390. The van der Waals surface area contributed by atoms with Gasteiger partial charge < -0.3 is 0 Å². The summed E-state index contributed by atoms with van der Waals surface area (Å²) in [5.74, 6) is -0.0363. The first kappa shape index (κ1) is 19.5. The minimum absolute atomic E-state index is 0.0363. The number of hydrogen-bond acceptors (Lipinski definition) is 4. The molecule has 0 fully saturated rings. The molecule has 0 radical (unpaired) electrons. The Kier molecular flexibility index (Phi) is 5.06. The average molecular weight is 441 g/mol. The third kappa shape index (κ3) is 3.42. The molecule has 0 aliphatic carbocycles. The largest absolute Gasteiger partial charge is 0.289 e. The summed E-state index contributed by atoms with van der Waals surface area (Å²) in [5, 5.41) is 1.64. The maximum Gasteiger partial charge on any atom is 0.195 e. The predicted molar refractivity (Wildman–Crippen MR) is 127 cm³/mol. The first-order valence-electron chi connectivity index (χ1n) is 9.70. The summed E-state index contributed by atoms with van der Waals surface area (Å²) in [6.45, 7) is 0. The summed E-state index contributed by atoms with van der Waals surface area (Å²) in [5.41, 5.74) is 1.25. The molecule has 0 saturated carbocycles. The minimum atomic E-state index is -1.23. The van der Waals surface area contributed by atoms with E-state index >= 15 is 0 Å². The highest BCUT2D eigenvalue weighted by atomic mass is 32.2. The number of ketones is 1. The molecule has 1 aliphatic rings. The van der Waals surface area contributed by atoms with E-state index in [9.17, 15) is 13.8 Å². The van der Waals surface area contributed by atoms with E-state index in [-0.39, 0.29) is 11.2 Å². The van der Waals surface area contributed by atoms with Crippen LogP contribution in [-0.4, -0.2) is 9.99 Å². The van der Waals surface area contributed by atoms with Crippen LogP contribution in [0.4, 0.5) is 0 Å². The standard InChI is InChI=1S/C13H8O2S.C13H8OS/c14-13-9-5-1-3-7-11(9)16(15)12-8-4-2-6-10(12)13;14-13-9-5-1-3-7-11(9)15-12-8-4-2-6-10(12)13/h1-8H;1-8H. The summed E-state index contributed by atoms with van der Waals surface area (Å²) in [4.78, 5) is 25.4. The van der Waals surface area contributed by atoms with E-state index in [2.05, 4.69) is 0 Å². The van der Waals surface area contributed by atoms with E-state index in [4.69, 9.17) is 0 Å². The van der Waals surface area contributed by atoms with Crippen LogP contribution >= 0.6 is 11.3 Å². The van der Waals surface area contributed by atoms with Crippen molar-refractivity contribution in [2.45, 2.75) is 9.79 Å². The van der Waals surface area contributed by atoms with Crippen LogP contribution < -0.4 is 5.43 Å². The lowest BCUT2D eigenvalue weighted by Crippen LogP contribution is -2.15. The molecule has 1 aromatic heterocycles. The van der Waals surface area contributed by atoms with Crippen molar-refractivity contribution in [1.82, 2.24) is 0 Å². The molecular formula is C26H16O3S2. The molecule has 150 valence electrons. The van der Waals surface area contributed by atoms with Gasteiger partial charge in [0.2, 0.25) is 0 Å². The molecular weight excluding hydrogens is 424 g/mol. The molecule has 0 saturated heterocycles. The SMILES string of the molecule is O=C1c2ccccc2S(=O)c2ccccc21.O=c1c2ccccc2sc2ccccc12. The Hall–Kier alpha value is -3.41. The second-order valence-corrected chi connectivity index (χ2v) is 9.51. The molecule has 1 aliphatic heterocycles. The zero-order chi connectivity index (χ0) is 21.4. The van der Waals surface area contributed by atoms with Crippen LogP contribution in [-0.2, 0) is 10.8 Å². The number of rotatable bonds is 0. The lowest BCUT2D eigenvalue weighted by Gasteiger charge is -2.16. The third-order valence-corrected chi connectivity index (χ3v) is 7.81. The molecule has 0 atom stereocenters. The van der Waals surface area contributed by atoms with E-state index in [0.29, 0.717) is 20.9 Å². The van der Waals surface area contributed by atoms with Crippen LogP contribution in [0.3, 0.4) is 0 Å². The summed E-state index contributed by atoms with van der Waals surface area (Å²) in [6.07, 6.45) is 0. The van der Waals surface area contributed by atoms with Gasteiger partial charge in [-0.15, -0.1) is 11.3 Å². The fraction of sp³-hybridized carbons (Fsp3) is 0. The smallest absolute Gasteiger partial charge is 0.195 e. The average Bonchev–Trinajstić information content (AvgIpc) is 2.83. The maximum atomic E-state index is 12.2. The van der Waals surface area contributed by atoms with Crippen LogP contribution in [0.25, 0.3) is 20.2 Å². The number of benzene rings is 4. The van der Waals surface area contributed by atoms with Gasteiger partial charge >= 0.3 is 0 Å². The fourth-order valence-electron chi connectivity index (χ4n) is 3.65. The van der Waals surface area contributed by atoms with Gasteiger partial charge in [-0.05, 0) is 48.5 Å². The maximum absolute atomic E-state index is 12.2. The Labute approximate surface area is 185 Å². The molecule has 4 aromatic carbocycles. The van der Waals surface area contributed by atoms with Crippen LogP contribution in [0.15, 0.2) is 112 Å². The van der Waals surface area contributed by atoms with Crippen molar-refractivity contribution in [3.8, 4) is 0 Å². The van der Waals surface area contributed by atoms with Gasteiger partial charge in [0.15, 0.2) is 11.2 Å². The van der Waals surface area contributed by atoms with Crippen molar-refractivity contribution in [3.05, 3.63) is 118 Å². The van der Waals surface area contributed by atoms with Crippen molar-refractivity contribution in [2.24, 2.45) is 0 Å². The van der Waals surface area contributed by atoms with E-state index in [1.165, 1.54) is 0 Å². The highest BCUT2D eigenvalue weighted by Gasteiger charge is 2.27. The summed E-state index contributed by atoms with van der Waals surface area (Å²) < 4.78 is 14.3. The summed E-state index contributed by atoms with van der Waals surface area (Å²) >= 11 is 1.67. The van der Waals surface area contributed by atoms with Gasteiger partial charge in [0.05, 0.1) is 20.6 Å². The zero-order valence-electron chi connectivity index (χ0n) is 16.3. The van der Waals surface area contributed by atoms with Gasteiger partial charge in [0, 0.05) is 31.3 Å². The molecule has 0 amide bonds. The van der Waals surface area contributed by atoms with Crippen molar-refractivity contribution >= 4 is 48.1 Å². The normalized spacial score (nSPS) is 12.7. The first-order valence-corrected chi connectivity index (χ1v) is 11.7. The second-order valence-electron chi connectivity index (χ2n) is 7.01. The third-order valence-electron chi connectivity index (χ3n) is 5.15. The predicted octanol–water partition coefficient (Wildman–Crippen LogP) is 5.81. The lowest BCUT2D eigenvalue weighted by atomic mass is 10.0. The quantitative estimate of drug-likeness (QED) is 0.280. The molecule has 5 heteroatoms. The molecule has 6 rings (SSSR count). The van der Waals surface area contributed by atoms with Crippen LogP contribution in [0, 0.1) is 0 Å². The van der Waals surface area contributed by atoms with Gasteiger partial charge in [-0.2, -0.15) is 0 Å². The number of carbonyl (C=O) groups excluding carboxylic acids is 1. The lowest BCUT2D eigenvalue weighted by molar-refractivity contribution is 0.103. The zero-order valence-corrected chi connectivity index (χ0v) is 17.9. The Morgan fingerprint density at radius 3 is 1.48 bits per heavy atom. The van der Waals surface area contributed by atoms with E-state index in [0.717, 1.165) is 20.2 Å². The van der Waals surface area contributed by atoms with Crippen LogP contribution in [0.2, 0.25) is 0 Å². The van der Waals surface area contributed by atoms with E-state index in [1.54, 1.807) is 59.9 Å². The summed E-state index contributed by atoms with van der Waals surface area (Å²) in [7, 11) is -1.23. The van der Waals surface area contributed by atoms with E-state index < -0.39 is 10.8 Å². The highest BCUT2D eigenvalue weighted by molar-refractivity contribution is 7.85. The second kappa shape index (κ2) is 8.02. The Balaban J connectivity index is 0.000000132. The number of fused-ring (bicyclic) bond motifs is 4. The molecule has 2 heterocycles. The first-order chi connectivity index (χ1) is 15.1. The molecule has 0 spiro atoms. The molecule has 5 aromatic rings. The fourth-order valence-corrected chi connectivity index (χ4v) is 6.08. The summed E-state index contributed by atoms with van der Waals surface area (Å²) in [6, 6.07) is 29.7. The van der Waals surface area contributed by atoms with Gasteiger partial charge in [0.25, 0.3) is 0 Å². The van der Waals surface area contributed by atoms with Gasteiger partial charge in [-0.3, -0.25) is 9.59 Å². The molecule has 3 nitrogen and oxygen atoms in total. The highest BCUT2D eigenvalue weighted by Crippen LogP contribution is 2.30. The van der Waals surface area contributed by atoms with Gasteiger partial charge in [-0.1, -0.05) is 48.5 Å². The van der Waals surface area contributed by atoms with Crippen LogP contribution in [0.1, 0.15) is 15.9 Å². The Morgan fingerprint density at radius 2 is 0.968 bits per heavy atom. The van der Waals surface area contributed by atoms with Gasteiger partial charge in [-0.25, -0.2) is 4.21 Å². The van der Waals surface area contributed by atoms with Crippen molar-refractivity contribution in [1.29, 1.82) is 0 Å². The van der Waals surface area contributed by atoms with E-state index in [1.807, 2.05) is 48.5 Å². The Morgan fingerprint density at radius 1 is 0.548 bits per heavy atom. The molecule has 0 N–H and O–H groups in total. The minimum Gasteiger partial charge on any atom is -0.289 e. The number of carbonyl (C=O) groups is 1. The monoisotopic (exact) mass is 440 g/mol.